The highest BCUT2D eigenvalue weighted by atomic mass is 32.2. The number of hydrogen-bond acceptors (Lipinski definition) is 5. The molecule has 90 valence electrons. The lowest BCUT2D eigenvalue weighted by Gasteiger charge is -2.43. The first kappa shape index (κ1) is 11.7. The number of ether oxygens (including phenoxy) is 1. The molecule has 5 nitrogen and oxygen atoms in total. The van der Waals surface area contributed by atoms with Crippen LogP contribution < -0.4 is 0 Å². The number of esters is 1. The number of nitrogens with zero attached hydrogens (tertiary/aromatic N) is 1. The van der Waals surface area contributed by atoms with Crippen LogP contribution in [-0.4, -0.2) is 51.8 Å². The summed E-state index contributed by atoms with van der Waals surface area (Å²) in [7, 11) is 1.32. The summed E-state index contributed by atoms with van der Waals surface area (Å²) in [6.45, 7) is 3.68. The van der Waals surface area contributed by atoms with Crippen LogP contribution in [0.3, 0.4) is 0 Å². The summed E-state index contributed by atoms with van der Waals surface area (Å²) in [5, 5.41) is 8.99. The molecule has 2 heterocycles. The predicted octanol–water partition coefficient (Wildman–Crippen LogP) is -0.170. The van der Waals surface area contributed by atoms with E-state index in [1.165, 1.54) is 12.0 Å². The zero-order chi connectivity index (χ0) is 12.1. The molecule has 1 unspecified atom stereocenters. The third-order valence-electron chi connectivity index (χ3n) is 3.17. The van der Waals surface area contributed by atoms with E-state index in [0.717, 1.165) is 0 Å². The van der Waals surface area contributed by atoms with E-state index >= 15 is 0 Å². The van der Waals surface area contributed by atoms with Gasteiger partial charge in [-0.2, -0.15) is 0 Å². The van der Waals surface area contributed by atoms with Crippen molar-refractivity contribution in [2.45, 2.75) is 30.0 Å². The van der Waals surface area contributed by atoms with E-state index in [4.69, 9.17) is 9.84 Å². The first-order valence-corrected chi connectivity index (χ1v) is 6.00. The van der Waals surface area contributed by atoms with Gasteiger partial charge in [0.15, 0.2) is 0 Å². The summed E-state index contributed by atoms with van der Waals surface area (Å²) in [6.07, 6.45) is 0. The van der Waals surface area contributed by atoms with Gasteiger partial charge in [-0.05, 0) is 13.8 Å². The predicted molar refractivity (Wildman–Crippen MR) is 58.7 cm³/mol. The number of β-lactam (4-membered cyclic amide) rings is 1. The number of amides is 1. The van der Waals surface area contributed by atoms with Crippen molar-refractivity contribution >= 4 is 23.6 Å². The molecular weight excluding hydrogens is 230 g/mol. The fourth-order valence-corrected chi connectivity index (χ4v) is 4.02. The highest BCUT2D eigenvalue weighted by Crippen LogP contribution is 2.53. The van der Waals surface area contributed by atoms with E-state index in [1.807, 2.05) is 13.8 Å². The van der Waals surface area contributed by atoms with Gasteiger partial charge in [0.2, 0.25) is 5.91 Å². The van der Waals surface area contributed by atoms with Gasteiger partial charge in [0.25, 0.3) is 0 Å². The molecule has 0 radical (unpaired) electrons. The summed E-state index contributed by atoms with van der Waals surface area (Å²) in [5.41, 5.74) is 0. The summed E-state index contributed by atoms with van der Waals surface area (Å²) >= 11 is 1.55. The molecule has 1 N–H and O–H groups in total. The van der Waals surface area contributed by atoms with Crippen molar-refractivity contribution in [1.29, 1.82) is 0 Å². The number of fused-ring (bicyclic) bond motifs is 1. The van der Waals surface area contributed by atoms with E-state index in [-0.39, 0.29) is 34.5 Å². The molecule has 3 atom stereocenters. The van der Waals surface area contributed by atoms with Gasteiger partial charge < -0.3 is 14.7 Å². The van der Waals surface area contributed by atoms with Crippen LogP contribution in [0.25, 0.3) is 0 Å². The molecular formula is C10H15NO4S. The normalized spacial score (nSPS) is 35.6. The summed E-state index contributed by atoms with van der Waals surface area (Å²) in [4.78, 5) is 24.9. The Morgan fingerprint density at radius 2 is 2.25 bits per heavy atom. The number of aliphatic hydroxyl groups excluding tert-OH is 1. The average Bonchev–Trinajstić information content (AvgIpc) is 2.47. The molecule has 0 aromatic carbocycles. The van der Waals surface area contributed by atoms with Crippen LogP contribution in [0.5, 0.6) is 0 Å². The van der Waals surface area contributed by atoms with Gasteiger partial charge in [-0.3, -0.25) is 4.79 Å². The maximum Gasteiger partial charge on any atom is 0.330 e. The minimum atomic E-state index is -0.539. The van der Waals surface area contributed by atoms with Gasteiger partial charge in [-0.1, -0.05) is 0 Å². The van der Waals surface area contributed by atoms with E-state index in [2.05, 4.69) is 0 Å². The third-order valence-corrected chi connectivity index (χ3v) is 4.80. The van der Waals surface area contributed by atoms with Crippen LogP contribution in [0.4, 0.5) is 0 Å². The molecule has 16 heavy (non-hydrogen) atoms. The quantitative estimate of drug-likeness (QED) is 0.540. The third kappa shape index (κ3) is 1.36. The molecule has 2 aliphatic rings. The summed E-state index contributed by atoms with van der Waals surface area (Å²) < 4.78 is 4.37. The van der Waals surface area contributed by atoms with E-state index in [1.54, 1.807) is 11.8 Å². The van der Waals surface area contributed by atoms with Gasteiger partial charge in [0.05, 0.1) is 25.0 Å². The van der Waals surface area contributed by atoms with E-state index in [9.17, 15) is 9.59 Å². The van der Waals surface area contributed by atoms with Crippen molar-refractivity contribution in [3.63, 3.8) is 0 Å². The molecule has 0 aromatic rings. The molecule has 2 fully saturated rings. The zero-order valence-electron chi connectivity index (χ0n) is 9.47. The summed E-state index contributed by atoms with van der Waals surface area (Å²) in [6, 6.07) is -0.539. The van der Waals surface area contributed by atoms with Crippen molar-refractivity contribution in [2.24, 2.45) is 5.92 Å². The number of thioether (sulfide) groups is 1. The van der Waals surface area contributed by atoms with Crippen molar-refractivity contribution < 1.29 is 19.4 Å². The number of methoxy groups -OCH3 is 1. The second-order valence-corrected chi connectivity index (χ2v) is 6.34. The lowest BCUT2D eigenvalue weighted by molar-refractivity contribution is -0.166. The monoisotopic (exact) mass is 245 g/mol. The van der Waals surface area contributed by atoms with Gasteiger partial charge in [-0.25, -0.2) is 4.79 Å². The lowest BCUT2D eigenvalue weighted by Crippen LogP contribution is -2.63. The molecule has 2 aliphatic heterocycles. The minimum Gasteiger partial charge on any atom is -0.467 e. The van der Waals surface area contributed by atoms with Gasteiger partial charge in [-0.15, -0.1) is 11.8 Å². The zero-order valence-corrected chi connectivity index (χ0v) is 10.3. The average molecular weight is 245 g/mol. The molecule has 2 rings (SSSR count). The van der Waals surface area contributed by atoms with Gasteiger partial charge in [0, 0.05) is 4.75 Å². The van der Waals surface area contributed by atoms with Crippen molar-refractivity contribution in [3.05, 3.63) is 0 Å². The molecule has 0 saturated carbocycles. The Hall–Kier alpha value is -0.750. The Bertz CT molecular complexity index is 344. The molecule has 0 bridgehead atoms. The maximum atomic E-state index is 11.7. The smallest absolute Gasteiger partial charge is 0.330 e. The number of carbonyl (C=O) groups excluding carboxylic acids is 2. The van der Waals surface area contributed by atoms with Crippen LogP contribution in [0.15, 0.2) is 0 Å². The van der Waals surface area contributed by atoms with Crippen LogP contribution in [0, 0.1) is 5.92 Å². The first-order valence-electron chi connectivity index (χ1n) is 5.12. The Balaban J connectivity index is 2.26. The Morgan fingerprint density at radius 1 is 1.62 bits per heavy atom. The second kappa shape index (κ2) is 3.63. The highest BCUT2D eigenvalue weighted by Gasteiger charge is 2.63. The number of rotatable bonds is 2. The number of aliphatic hydroxyl groups is 1. The van der Waals surface area contributed by atoms with Crippen LogP contribution >= 0.6 is 11.8 Å². The van der Waals surface area contributed by atoms with Gasteiger partial charge in [0.1, 0.15) is 6.04 Å². The number of carbonyl (C=O) groups is 2. The fourth-order valence-electron chi connectivity index (χ4n) is 2.35. The Labute approximate surface area is 98.1 Å². The molecule has 1 amide bonds. The first-order chi connectivity index (χ1) is 7.44. The van der Waals surface area contributed by atoms with Crippen LogP contribution in [0.2, 0.25) is 0 Å². The summed E-state index contributed by atoms with van der Waals surface area (Å²) in [5.74, 6) is -0.898. The molecule has 0 aliphatic carbocycles. The molecule has 0 spiro atoms. The van der Waals surface area contributed by atoms with Crippen molar-refractivity contribution in [1.82, 2.24) is 4.90 Å². The topological polar surface area (TPSA) is 66.8 Å². The second-order valence-electron chi connectivity index (χ2n) is 4.57. The van der Waals surface area contributed by atoms with Crippen molar-refractivity contribution in [2.75, 3.05) is 13.7 Å². The maximum absolute atomic E-state index is 11.7. The Kier molecular flexibility index (Phi) is 2.66. The largest absolute Gasteiger partial charge is 0.467 e. The van der Waals surface area contributed by atoms with E-state index < -0.39 is 6.04 Å². The number of hydrogen-bond donors (Lipinski definition) is 1. The van der Waals surface area contributed by atoms with Crippen LogP contribution in [0.1, 0.15) is 13.8 Å². The lowest BCUT2D eigenvalue weighted by atomic mass is 9.92. The molecule has 6 heteroatoms. The molecule has 0 aromatic heterocycles. The minimum absolute atomic E-state index is 0.0865. The highest BCUT2D eigenvalue weighted by molar-refractivity contribution is 8.01. The molecule has 2 saturated heterocycles. The fraction of sp³-hybridized carbons (Fsp3) is 0.800. The van der Waals surface area contributed by atoms with Crippen molar-refractivity contribution in [3.8, 4) is 0 Å². The van der Waals surface area contributed by atoms with Crippen LogP contribution in [-0.2, 0) is 14.3 Å². The standard InChI is InChI=1S/C10H15NO4S/c1-10(2)6(9(14)15-3)11-7(13)5(4-12)8(11)16-10/h5-6,8,12H,4H2,1-3H3/t5-,6+,8?/m1/s1. The van der Waals surface area contributed by atoms with E-state index in [0.29, 0.717) is 0 Å². The van der Waals surface area contributed by atoms with Gasteiger partial charge >= 0.3 is 5.97 Å². The SMILES string of the molecule is COC(=O)[C@@H]1N2C(=O)[C@@H](CO)C2SC1(C)C. The Morgan fingerprint density at radius 3 is 2.75 bits per heavy atom.